The molecule has 16 heavy (non-hydrogen) atoms. The van der Waals surface area contributed by atoms with Crippen molar-refractivity contribution in [1.82, 2.24) is 0 Å². The summed E-state index contributed by atoms with van der Waals surface area (Å²) in [5.41, 5.74) is 0.891. The van der Waals surface area contributed by atoms with Crippen LogP contribution < -0.4 is 0 Å². The number of hydrogen-bond donors (Lipinski definition) is 1. The molecule has 0 fully saturated rings. The van der Waals surface area contributed by atoms with Gasteiger partial charge in [-0.1, -0.05) is 36.4 Å². The number of benzene rings is 1. The molecule has 1 rings (SSSR count). The highest BCUT2D eigenvalue weighted by Gasteiger charge is 1.98. The van der Waals surface area contributed by atoms with E-state index in [4.69, 9.17) is 9.84 Å². The van der Waals surface area contributed by atoms with Gasteiger partial charge in [0.05, 0.1) is 6.42 Å². The first-order valence-corrected chi connectivity index (χ1v) is 4.77. The minimum Gasteiger partial charge on any atom is -0.481 e. The fourth-order valence-electron chi connectivity index (χ4n) is 1.03. The van der Waals surface area contributed by atoms with Crippen LogP contribution in [0.15, 0.2) is 42.5 Å². The van der Waals surface area contributed by atoms with Crippen LogP contribution in [0.5, 0.6) is 0 Å². The van der Waals surface area contributed by atoms with E-state index in [9.17, 15) is 9.59 Å². The maximum absolute atomic E-state index is 11.1. The van der Waals surface area contributed by atoms with Gasteiger partial charge >= 0.3 is 11.9 Å². The van der Waals surface area contributed by atoms with Crippen LogP contribution in [0.1, 0.15) is 12.0 Å². The second-order valence-electron chi connectivity index (χ2n) is 3.09. The van der Waals surface area contributed by atoms with E-state index in [1.54, 1.807) is 0 Å². The van der Waals surface area contributed by atoms with Gasteiger partial charge in [-0.05, 0) is 5.56 Å². The molecule has 4 heteroatoms. The highest BCUT2D eigenvalue weighted by atomic mass is 16.5. The summed E-state index contributed by atoms with van der Waals surface area (Å²) in [6.07, 6.45) is 2.20. The molecular formula is C12H12O4. The van der Waals surface area contributed by atoms with Crippen LogP contribution in [0, 0.1) is 0 Å². The van der Waals surface area contributed by atoms with Crippen molar-refractivity contribution in [2.24, 2.45) is 0 Å². The largest absolute Gasteiger partial charge is 0.481 e. The molecule has 0 atom stereocenters. The minimum absolute atomic E-state index is 0.180. The third kappa shape index (κ3) is 4.95. The Morgan fingerprint density at radius 1 is 1.25 bits per heavy atom. The van der Waals surface area contributed by atoms with Crippen LogP contribution >= 0.6 is 0 Å². The number of carboxylic acid groups (broad SMARTS) is 1. The van der Waals surface area contributed by atoms with E-state index in [-0.39, 0.29) is 13.0 Å². The molecule has 0 saturated carbocycles. The number of carboxylic acids is 1. The third-order valence-electron chi connectivity index (χ3n) is 1.77. The van der Waals surface area contributed by atoms with E-state index < -0.39 is 11.9 Å². The van der Waals surface area contributed by atoms with Crippen molar-refractivity contribution in [2.45, 2.75) is 13.0 Å². The summed E-state index contributed by atoms with van der Waals surface area (Å²) in [6.45, 7) is 0.192. The Bertz CT molecular complexity index is 381. The van der Waals surface area contributed by atoms with Crippen LogP contribution in [0.3, 0.4) is 0 Å². The number of aliphatic carboxylic acids is 1. The molecule has 0 saturated heterocycles. The van der Waals surface area contributed by atoms with Gasteiger partial charge in [0.1, 0.15) is 6.61 Å². The maximum atomic E-state index is 11.1. The Morgan fingerprint density at radius 3 is 2.56 bits per heavy atom. The lowest BCUT2D eigenvalue weighted by Gasteiger charge is -2.01. The molecule has 0 aromatic heterocycles. The fourth-order valence-corrected chi connectivity index (χ4v) is 1.03. The molecule has 0 spiro atoms. The van der Waals surface area contributed by atoms with Crippen molar-refractivity contribution in [2.75, 3.05) is 0 Å². The number of carbonyl (C=O) groups excluding carboxylic acids is 1. The molecule has 0 radical (unpaired) electrons. The summed E-state index contributed by atoms with van der Waals surface area (Å²) in [7, 11) is 0. The lowest BCUT2D eigenvalue weighted by molar-refractivity contribution is -0.139. The lowest BCUT2D eigenvalue weighted by atomic mass is 10.2. The third-order valence-corrected chi connectivity index (χ3v) is 1.77. The molecule has 0 heterocycles. The molecule has 0 aliphatic carbocycles. The number of carbonyl (C=O) groups is 2. The van der Waals surface area contributed by atoms with Gasteiger partial charge in [-0.2, -0.15) is 0 Å². The molecule has 0 aliphatic rings. The summed E-state index contributed by atoms with van der Waals surface area (Å²) < 4.78 is 4.89. The molecule has 0 unspecified atom stereocenters. The molecule has 84 valence electrons. The van der Waals surface area contributed by atoms with Crippen molar-refractivity contribution in [3.8, 4) is 0 Å². The molecule has 0 amide bonds. The normalized spacial score (nSPS) is 10.2. The van der Waals surface area contributed by atoms with Crippen LogP contribution in [0.25, 0.3) is 0 Å². The molecule has 1 aromatic carbocycles. The van der Waals surface area contributed by atoms with Gasteiger partial charge in [-0.3, -0.25) is 4.79 Å². The van der Waals surface area contributed by atoms with Crippen LogP contribution in [-0.2, 0) is 20.9 Å². The van der Waals surface area contributed by atoms with Gasteiger partial charge in [0.15, 0.2) is 0 Å². The Balaban J connectivity index is 2.30. The Morgan fingerprint density at radius 2 is 1.94 bits per heavy atom. The molecule has 0 aliphatic heterocycles. The van der Waals surface area contributed by atoms with Gasteiger partial charge in [-0.25, -0.2) is 4.79 Å². The monoisotopic (exact) mass is 220 g/mol. The van der Waals surface area contributed by atoms with E-state index in [2.05, 4.69) is 0 Å². The second-order valence-corrected chi connectivity index (χ2v) is 3.09. The van der Waals surface area contributed by atoms with Gasteiger partial charge in [-0.15, -0.1) is 0 Å². The van der Waals surface area contributed by atoms with Gasteiger partial charge in [0, 0.05) is 6.08 Å². The van der Waals surface area contributed by atoms with Crippen molar-refractivity contribution >= 4 is 11.9 Å². The minimum atomic E-state index is -0.980. The standard InChI is InChI=1S/C12H12O4/c13-11(14)7-4-8-12(15)16-9-10-5-2-1-3-6-10/h1-6,8H,7,9H2,(H,13,14). The number of ether oxygens (including phenoxy) is 1. The quantitative estimate of drug-likeness (QED) is 0.606. The second kappa shape index (κ2) is 6.40. The first-order valence-electron chi connectivity index (χ1n) is 4.77. The molecule has 1 aromatic rings. The van der Waals surface area contributed by atoms with E-state index >= 15 is 0 Å². The Labute approximate surface area is 93.2 Å². The average Bonchev–Trinajstić information content (AvgIpc) is 2.27. The summed E-state index contributed by atoms with van der Waals surface area (Å²) in [5, 5.41) is 8.33. The molecular weight excluding hydrogens is 208 g/mol. The van der Waals surface area contributed by atoms with Crippen molar-refractivity contribution in [1.29, 1.82) is 0 Å². The van der Waals surface area contributed by atoms with Gasteiger partial charge < -0.3 is 9.84 Å². The van der Waals surface area contributed by atoms with Crippen molar-refractivity contribution in [3.63, 3.8) is 0 Å². The first kappa shape index (κ1) is 12.0. The SMILES string of the molecule is O=C(O)CC=CC(=O)OCc1ccccc1. The highest BCUT2D eigenvalue weighted by Crippen LogP contribution is 2.00. The van der Waals surface area contributed by atoms with Crippen LogP contribution in [-0.4, -0.2) is 17.0 Å². The summed E-state index contributed by atoms with van der Waals surface area (Å²) in [6, 6.07) is 9.26. The zero-order valence-electron chi connectivity index (χ0n) is 8.63. The topological polar surface area (TPSA) is 63.6 Å². The number of esters is 1. The Hall–Kier alpha value is -2.10. The summed E-state index contributed by atoms with van der Waals surface area (Å²) >= 11 is 0. The smallest absolute Gasteiger partial charge is 0.330 e. The predicted molar refractivity (Wildman–Crippen MR) is 57.6 cm³/mol. The summed E-state index contributed by atoms with van der Waals surface area (Å²) in [4.78, 5) is 21.3. The first-order chi connectivity index (χ1) is 7.68. The van der Waals surface area contributed by atoms with E-state index in [1.807, 2.05) is 30.3 Å². The average molecular weight is 220 g/mol. The maximum Gasteiger partial charge on any atom is 0.330 e. The molecule has 4 nitrogen and oxygen atoms in total. The molecule has 0 bridgehead atoms. The zero-order valence-corrected chi connectivity index (χ0v) is 8.63. The van der Waals surface area contributed by atoms with Crippen LogP contribution in [0.2, 0.25) is 0 Å². The van der Waals surface area contributed by atoms with Gasteiger partial charge in [0.2, 0.25) is 0 Å². The van der Waals surface area contributed by atoms with Crippen LogP contribution in [0.4, 0.5) is 0 Å². The Kier molecular flexibility index (Phi) is 4.79. The number of hydrogen-bond acceptors (Lipinski definition) is 3. The van der Waals surface area contributed by atoms with E-state index in [0.29, 0.717) is 0 Å². The predicted octanol–water partition coefficient (Wildman–Crippen LogP) is 1.76. The zero-order chi connectivity index (χ0) is 11.8. The highest BCUT2D eigenvalue weighted by molar-refractivity contribution is 5.82. The van der Waals surface area contributed by atoms with E-state index in [1.165, 1.54) is 6.08 Å². The van der Waals surface area contributed by atoms with Crippen molar-refractivity contribution in [3.05, 3.63) is 48.0 Å². The fraction of sp³-hybridized carbons (Fsp3) is 0.167. The van der Waals surface area contributed by atoms with Gasteiger partial charge in [0.25, 0.3) is 0 Å². The lowest BCUT2D eigenvalue weighted by Crippen LogP contribution is -2.01. The summed E-state index contributed by atoms with van der Waals surface area (Å²) in [5.74, 6) is -1.52. The number of rotatable bonds is 5. The van der Waals surface area contributed by atoms with Crippen molar-refractivity contribution < 1.29 is 19.4 Å². The van der Waals surface area contributed by atoms with E-state index in [0.717, 1.165) is 11.6 Å². The molecule has 1 N–H and O–H groups in total.